The molecule has 1 rings (SSSR count). The lowest BCUT2D eigenvalue weighted by Crippen LogP contribution is -2.27. The number of amides is 1. The van der Waals surface area contributed by atoms with Crippen molar-refractivity contribution in [2.24, 2.45) is 0 Å². The lowest BCUT2D eigenvalue weighted by Gasteiger charge is -2.05. The minimum atomic E-state index is 0.134. The molecule has 1 aromatic rings. The highest BCUT2D eigenvalue weighted by Gasteiger charge is 1.97. The molecule has 0 radical (unpaired) electrons. The van der Waals surface area contributed by atoms with Crippen LogP contribution in [-0.4, -0.2) is 25.5 Å². The van der Waals surface area contributed by atoms with E-state index in [1.807, 2.05) is 13.0 Å². The van der Waals surface area contributed by atoms with Gasteiger partial charge in [0.15, 0.2) is 0 Å². The topological polar surface area (TPSA) is 41.1 Å². The zero-order valence-corrected chi connectivity index (χ0v) is 11.2. The summed E-state index contributed by atoms with van der Waals surface area (Å²) in [5.41, 5.74) is 1.40. The molecule has 0 aliphatic heterocycles. The predicted octanol–water partition coefficient (Wildman–Crippen LogP) is 2.13. The van der Waals surface area contributed by atoms with Crippen molar-refractivity contribution in [1.29, 1.82) is 0 Å². The summed E-state index contributed by atoms with van der Waals surface area (Å²) in [4.78, 5) is 11.2. The van der Waals surface area contributed by atoms with E-state index in [0.29, 0.717) is 6.42 Å². The summed E-state index contributed by atoms with van der Waals surface area (Å²) in [5, 5.41) is 6.09. The van der Waals surface area contributed by atoms with E-state index in [-0.39, 0.29) is 5.91 Å². The zero-order valence-electron chi connectivity index (χ0n) is 11.2. The normalized spacial score (nSPS) is 10.3. The van der Waals surface area contributed by atoms with Crippen LogP contribution >= 0.6 is 0 Å². The van der Waals surface area contributed by atoms with Gasteiger partial charge < -0.3 is 10.6 Å². The van der Waals surface area contributed by atoms with Gasteiger partial charge in [-0.1, -0.05) is 30.3 Å². The van der Waals surface area contributed by atoms with Crippen LogP contribution in [0.15, 0.2) is 30.3 Å². The SMILES string of the molecule is CCNC(=O)CCNCCCCc1ccccc1. The summed E-state index contributed by atoms with van der Waals surface area (Å²) in [6.45, 7) is 4.42. The van der Waals surface area contributed by atoms with Crippen molar-refractivity contribution in [2.45, 2.75) is 32.6 Å². The number of aryl methyl sites for hydroxylation is 1. The first-order valence-corrected chi connectivity index (χ1v) is 6.84. The predicted molar refractivity (Wildman–Crippen MR) is 75.6 cm³/mol. The number of unbranched alkanes of at least 4 members (excludes halogenated alkanes) is 1. The van der Waals surface area contributed by atoms with E-state index in [9.17, 15) is 4.79 Å². The molecule has 3 nitrogen and oxygen atoms in total. The summed E-state index contributed by atoms with van der Waals surface area (Å²) in [6.07, 6.45) is 4.06. The molecule has 1 amide bonds. The first-order valence-electron chi connectivity index (χ1n) is 6.84. The molecule has 2 N–H and O–H groups in total. The average molecular weight is 248 g/mol. The highest BCUT2D eigenvalue weighted by atomic mass is 16.1. The minimum Gasteiger partial charge on any atom is -0.356 e. The zero-order chi connectivity index (χ0) is 13.1. The van der Waals surface area contributed by atoms with Crippen molar-refractivity contribution in [3.05, 3.63) is 35.9 Å². The van der Waals surface area contributed by atoms with E-state index in [4.69, 9.17) is 0 Å². The first kappa shape index (κ1) is 14.7. The fraction of sp³-hybridized carbons (Fsp3) is 0.533. The number of nitrogens with one attached hydrogen (secondary N) is 2. The van der Waals surface area contributed by atoms with E-state index >= 15 is 0 Å². The third-order valence-corrected chi connectivity index (χ3v) is 2.81. The van der Waals surface area contributed by atoms with Crippen LogP contribution in [0, 0.1) is 0 Å². The highest BCUT2D eigenvalue weighted by molar-refractivity contribution is 5.75. The van der Waals surface area contributed by atoms with Crippen LogP contribution in [0.2, 0.25) is 0 Å². The fourth-order valence-electron chi connectivity index (χ4n) is 1.84. The van der Waals surface area contributed by atoms with Crippen LogP contribution in [0.4, 0.5) is 0 Å². The van der Waals surface area contributed by atoms with Gasteiger partial charge in [-0.15, -0.1) is 0 Å². The molecule has 0 aliphatic rings. The third kappa shape index (κ3) is 7.07. The van der Waals surface area contributed by atoms with Crippen LogP contribution in [0.3, 0.4) is 0 Å². The molecule has 0 heterocycles. The number of carbonyl (C=O) groups excluding carboxylic acids is 1. The number of benzene rings is 1. The Balaban J connectivity index is 1.92. The van der Waals surface area contributed by atoms with Crippen molar-refractivity contribution in [3.63, 3.8) is 0 Å². The van der Waals surface area contributed by atoms with Crippen molar-refractivity contribution in [2.75, 3.05) is 19.6 Å². The summed E-state index contributed by atoms with van der Waals surface area (Å²) < 4.78 is 0. The Bertz CT molecular complexity index is 325. The van der Waals surface area contributed by atoms with Gasteiger partial charge in [-0.2, -0.15) is 0 Å². The number of carbonyl (C=O) groups is 1. The summed E-state index contributed by atoms with van der Waals surface area (Å²) in [5.74, 6) is 0.134. The van der Waals surface area contributed by atoms with Crippen LogP contribution in [0.1, 0.15) is 31.7 Å². The van der Waals surface area contributed by atoms with Crippen LogP contribution in [-0.2, 0) is 11.2 Å². The van der Waals surface area contributed by atoms with Gasteiger partial charge >= 0.3 is 0 Å². The van der Waals surface area contributed by atoms with E-state index < -0.39 is 0 Å². The second kappa shape index (κ2) is 9.66. The summed E-state index contributed by atoms with van der Waals surface area (Å²) >= 11 is 0. The van der Waals surface area contributed by atoms with Crippen molar-refractivity contribution >= 4 is 5.91 Å². The van der Waals surface area contributed by atoms with E-state index in [1.54, 1.807) is 0 Å². The third-order valence-electron chi connectivity index (χ3n) is 2.81. The maximum absolute atomic E-state index is 11.2. The summed E-state index contributed by atoms with van der Waals surface area (Å²) in [7, 11) is 0. The molecule has 0 unspecified atom stereocenters. The van der Waals surface area contributed by atoms with Gasteiger partial charge in [0.25, 0.3) is 0 Å². The molecular formula is C15H24N2O. The van der Waals surface area contributed by atoms with Gasteiger partial charge in [-0.25, -0.2) is 0 Å². The van der Waals surface area contributed by atoms with Gasteiger partial charge in [0, 0.05) is 19.5 Å². The summed E-state index contributed by atoms with van der Waals surface area (Å²) in [6, 6.07) is 10.6. The largest absolute Gasteiger partial charge is 0.356 e. The molecule has 100 valence electrons. The molecule has 0 bridgehead atoms. The lowest BCUT2D eigenvalue weighted by molar-refractivity contribution is -0.120. The standard InChI is InChI=1S/C15H24N2O/c1-2-17-15(18)11-13-16-12-7-6-10-14-8-4-3-5-9-14/h3-5,8-9,16H,2,6-7,10-13H2,1H3,(H,17,18). The maximum atomic E-state index is 11.2. The molecule has 0 saturated carbocycles. The Hall–Kier alpha value is -1.35. The van der Waals surface area contributed by atoms with Gasteiger partial charge in [-0.3, -0.25) is 4.79 Å². The molecule has 0 atom stereocenters. The first-order chi connectivity index (χ1) is 8.83. The van der Waals surface area contributed by atoms with Crippen LogP contribution in [0.5, 0.6) is 0 Å². The highest BCUT2D eigenvalue weighted by Crippen LogP contribution is 2.03. The molecule has 3 heteroatoms. The number of hydrogen-bond donors (Lipinski definition) is 2. The Morgan fingerprint density at radius 1 is 1.11 bits per heavy atom. The van der Waals surface area contributed by atoms with E-state index in [0.717, 1.165) is 32.5 Å². The van der Waals surface area contributed by atoms with Gasteiger partial charge in [0.05, 0.1) is 0 Å². The van der Waals surface area contributed by atoms with Crippen LogP contribution in [0.25, 0.3) is 0 Å². The van der Waals surface area contributed by atoms with Gasteiger partial charge in [-0.05, 0) is 38.3 Å². The quantitative estimate of drug-likeness (QED) is 0.657. The Morgan fingerprint density at radius 3 is 2.61 bits per heavy atom. The molecule has 0 saturated heterocycles. The van der Waals surface area contributed by atoms with Crippen molar-refractivity contribution < 1.29 is 4.79 Å². The number of hydrogen-bond acceptors (Lipinski definition) is 2. The van der Waals surface area contributed by atoms with E-state index in [1.165, 1.54) is 12.0 Å². The second-order valence-electron chi connectivity index (χ2n) is 4.40. The monoisotopic (exact) mass is 248 g/mol. The second-order valence-corrected chi connectivity index (χ2v) is 4.40. The maximum Gasteiger partial charge on any atom is 0.221 e. The molecule has 18 heavy (non-hydrogen) atoms. The van der Waals surface area contributed by atoms with E-state index in [2.05, 4.69) is 34.9 Å². The fourth-order valence-corrected chi connectivity index (χ4v) is 1.84. The molecule has 1 aromatic carbocycles. The molecular weight excluding hydrogens is 224 g/mol. The molecule has 0 fully saturated rings. The Labute approximate surface area is 110 Å². The van der Waals surface area contributed by atoms with Crippen molar-refractivity contribution in [3.8, 4) is 0 Å². The van der Waals surface area contributed by atoms with Crippen LogP contribution < -0.4 is 10.6 Å². The molecule has 0 aliphatic carbocycles. The smallest absolute Gasteiger partial charge is 0.221 e. The Morgan fingerprint density at radius 2 is 1.89 bits per heavy atom. The van der Waals surface area contributed by atoms with Gasteiger partial charge in [0.1, 0.15) is 0 Å². The minimum absolute atomic E-state index is 0.134. The van der Waals surface area contributed by atoms with Gasteiger partial charge in [0.2, 0.25) is 5.91 Å². The number of rotatable bonds is 9. The van der Waals surface area contributed by atoms with Crippen molar-refractivity contribution in [1.82, 2.24) is 10.6 Å². The Kier molecular flexibility index (Phi) is 7.89. The lowest BCUT2D eigenvalue weighted by atomic mass is 10.1. The molecule has 0 spiro atoms. The molecule has 0 aromatic heterocycles. The average Bonchev–Trinajstić information content (AvgIpc) is 2.39.